The molecule has 0 spiro atoms. The van der Waals surface area contributed by atoms with E-state index in [0.29, 0.717) is 26.9 Å². The minimum absolute atomic E-state index is 0.0260. The lowest BCUT2D eigenvalue weighted by Gasteiger charge is -2.11. The molecule has 0 saturated heterocycles. The van der Waals surface area contributed by atoms with E-state index in [1.54, 1.807) is 60.7 Å². The first kappa shape index (κ1) is 26.2. The van der Waals surface area contributed by atoms with Crippen LogP contribution in [0.4, 0.5) is 19.0 Å². The van der Waals surface area contributed by atoms with Crippen LogP contribution in [0.25, 0.3) is 28.2 Å². The fourth-order valence-corrected chi connectivity index (χ4v) is 4.00. The zero-order chi connectivity index (χ0) is 28.3. The van der Waals surface area contributed by atoms with Gasteiger partial charge in [0.25, 0.3) is 11.8 Å². The van der Waals surface area contributed by atoms with Crippen molar-refractivity contribution >= 4 is 17.6 Å². The smallest absolute Gasteiger partial charge is 0.355 e. The molecule has 0 bridgehead atoms. The van der Waals surface area contributed by atoms with E-state index in [0.717, 1.165) is 6.07 Å². The molecule has 3 aromatic heterocycles. The Morgan fingerprint density at radius 1 is 0.850 bits per heavy atom. The lowest BCUT2D eigenvalue weighted by Crippen LogP contribution is -2.18. The summed E-state index contributed by atoms with van der Waals surface area (Å²) in [4.78, 5) is 29.1. The van der Waals surface area contributed by atoms with Crippen molar-refractivity contribution in [1.82, 2.24) is 30.3 Å². The summed E-state index contributed by atoms with van der Waals surface area (Å²) in [6.45, 7) is 0. The number of nitrogens with zero attached hydrogens (tertiary/aromatic N) is 5. The minimum atomic E-state index is -4.70. The Morgan fingerprint density at radius 3 is 2.35 bits per heavy atom. The second-order valence-electron chi connectivity index (χ2n) is 8.50. The quantitative estimate of drug-likeness (QED) is 0.311. The number of amides is 2. The molecule has 0 fully saturated rings. The highest BCUT2D eigenvalue weighted by molar-refractivity contribution is 6.05. The molecule has 12 heteroatoms. The lowest BCUT2D eigenvalue weighted by molar-refractivity contribution is -0.142. The van der Waals surface area contributed by atoms with E-state index in [4.69, 9.17) is 0 Å². The molecule has 0 radical (unpaired) electrons. The monoisotopic (exact) mass is 543 g/mol. The molecule has 5 aromatic rings. The normalized spacial score (nSPS) is 11.2. The van der Waals surface area contributed by atoms with Gasteiger partial charge in [0.15, 0.2) is 17.3 Å². The second kappa shape index (κ2) is 10.8. The third-order valence-electron chi connectivity index (χ3n) is 5.90. The van der Waals surface area contributed by atoms with Gasteiger partial charge in [-0.2, -0.15) is 18.3 Å². The van der Waals surface area contributed by atoms with Crippen LogP contribution in [0.15, 0.2) is 91.3 Å². The van der Waals surface area contributed by atoms with Crippen LogP contribution in [-0.2, 0) is 6.18 Å². The van der Waals surface area contributed by atoms with Crippen molar-refractivity contribution in [2.45, 2.75) is 6.18 Å². The van der Waals surface area contributed by atoms with Gasteiger partial charge in [-0.25, -0.2) is 4.68 Å². The zero-order valence-electron chi connectivity index (χ0n) is 20.8. The van der Waals surface area contributed by atoms with Crippen molar-refractivity contribution < 1.29 is 22.8 Å². The predicted octanol–water partition coefficient (Wildman–Crippen LogP) is 5.02. The van der Waals surface area contributed by atoms with Crippen LogP contribution >= 0.6 is 0 Å². The maximum absolute atomic E-state index is 13.7. The summed E-state index contributed by atoms with van der Waals surface area (Å²) in [5.41, 5.74) is 1.46. The molecule has 0 unspecified atom stereocenters. The summed E-state index contributed by atoms with van der Waals surface area (Å²) in [6, 6.07) is 20.3. The van der Waals surface area contributed by atoms with Crippen molar-refractivity contribution in [2.75, 3.05) is 12.4 Å². The zero-order valence-corrected chi connectivity index (χ0v) is 20.8. The highest BCUT2D eigenvalue weighted by Crippen LogP contribution is 2.33. The first-order chi connectivity index (χ1) is 19.2. The Hall–Kier alpha value is -5.39. The molecule has 0 saturated carbocycles. The summed E-state index contributed by atoms with van der Waals surface area (Å²) in [6.07, 6.45) is -1.80. The third-order valence-corrected chi connectivity index (χ3v) is 5.90. The Labute approximate surface area is 225 Å². The number of rotatable bonds is 6. The van der Waals surface area contributed by atoms with Crippen LogP contribution in [0.1, 0.15) is 26.4 Å². The first-order valence-electron chi connectivity index (χ1n) is 11.9. The molecular weight excluding hydrogens is 523 g/mol. The number of anilines is 1. The number of alkyl halides is 3. The van der Waals surface area contributed by atoms with Gasteiger partial charge in [0.2, 0.25) is 0 Å². The lowest BCUT2D eigenvalue weighted by atomic mass is 9.97. The Kier molecular flexibility index (Phi) is 7.06. The van der Waals surface area contributed by atoms with Gasteiger partial charge >= 0.3 is 6.18 Å². The van der Waals surface area contributed by atoms with Gasteiger partial charge in [-0.3, -0.25) is 14.6 Å². The predicted molar refractivity (Wildman–Crippen MR) is 141 cm³/mol. The number of carbonyl (C=O) groups is 2. The van der Waals surface area contributed by atoms with E-state index in [1.807, 2.05) is 0 Å². The summed E-state index contributed by atoms with van der Waals surface area (Å²) in [7, 11) is 1.53. The fourth-order valence-electron chi connectivity index (χ4n) is 4.00. The number of carbonyl (C=O) groups excluding carboxylic acids is 2. The molecular formula is C28H20F3N7O2. The van der Waals surface area contributed by atoms with Gasteiger partial charge in [0, 0.05) is 36.1 Å². The van der Waals surface area contributed by atoms with Crippen LogP contribution in [0.2, 0.25) is 0 Å². The average Bonchev–Trinajstić information content (AvgIpc) is 3.44. The Morgan fingerprint density at radius 2 is 1.65 bits per heavy atom. The number of aromatic nitrogens is 5. The van der Waals surface area contributed by atoms with Crippen molar-refractivity contribution in [3.05, 3.63) is 108 Å². The molecule has 40 heavy (non-hydrogen) atoms. The first-order valence-corrected chi connectivity index (χ1v) is 11.9. The van der Waals surface area contributed by atoms with Crippen LogP contribution < -0.4 is 10.6 Å². The van der Waals surface area contributed by atoms with Gasteiger partial charge in [0.05, 0.1) is 5.69 Å². The molecule has 9 nitrogen and oxygen atoms in total. The Balaban J connectivity index is 1.39. The molecule has 200 valence electrons. The molecule has 0 aliphatic rings. The van der Waals surface area contributed by atoms with Crippen molar-refractivity contribution in [1.29, 1.82) is 0 Å². The van der Waals surface area contributed by atoms with E-state index in [-0.39, 0.29) is 28.8 Å². The van der Waals surface area contributed by atoms with E-state index in [1.165, 1.54) is 31.6 Å². The largest absolute Gasteiger partial charge is 0.433 e. The van der Waals surface area contributed by atoms with Crippen LogP contribution in [0.5, 0.6) is 0 Å². The second-order valence-corrected chi connectivity index (χ2v) is 8.50. The standard InChI is InChI=1S/C28H20F3N7O2/c1-32-27(40)21-10-3-2-9-20(21)17-6-4-7-18(14-17)26(39)34-24-11-12-25(36-35-24)38-23(28(29,30)31)15-22(37-38)19-8-5-13-33-16-19/h2-16H,1H3,(H,32,40)(H,34,35,39). The Bertz CT molecular complexity index is 1680. The number of halogens is 3. The SMILES string of the molecule is CNC(=O)c1ccccc1-c1cccc(C(=O)Nc2ccc(-n3nc(-c4cccnc4)cc3C(F)(F)F)nn2)c1. The molecule has 0 aliphatic carbocycles. The molecule has 2 amide bonds. The van der Waals surface area contributed by atoms with Crippen molar-refractivity contribution in [2.24, 2.45) is 0 Å². The molecule has 3 heterocycles. The molecule has 5 rings (SSSR count). The van der Waals surface area contributed by atoms with E-state index < -0.39 is 17.8 Å². The number of benzene rings is 2. The number of nitrogens with one attached hydrogen (secondary N) is 2. The molecule has 0 aliphatic heterocycles. The maximum Gasteiger partial charge on any atom is 0.433 e. The highest BCUT2D eigenvalue weighted by Gasteiger charge is 2.37. The third kappa shape index (κ3) is 5.41. The average molecular weight is 544 g/mol. The van der Waals surface area contributed by atoms with Crippen LogP contribution in [0.3, 0.4) is 0 Å². The van der Waals surface area contributed by atoms with Gasteiger partial charge < -0.3 is 10.6 Å². The minimum Gasteiger partial charge on any atom is -0.355 e. The van der Waals surface area contributed by atoms with Gasteiger partial charge in [-0.1, -0.05) is 30.3 Å². The summed E-state index contributed by atoms with van der Waals surface area (Å²) < 4.78 is 41.9. The van der Waals surface area contributed by atoms with Crippen molar-refractivity contribution in [3.63, 3.8) is 0 Å². The van der Waals surface area contributed by atoms with Gasteiger partial charge in [-0.05, 0) is 59.7 Å². The number of hydrogen-bond acceptors (Lipinski definition) is 6. The van der Waals surface area contributed by atoms with E-state index >= 15 is 0 Å². The summed E-state index contributed by atoms with van der Waals surface area (Å²) >= 11 is 0. The molecule has 0 atom stereocenters. The van der Waals surface area contributed by atoms with Gasteiger partial charge in [-0.15, -0.1) is 10.2 Å². The fraction of sp³-hybridized carbons (Fsp3) is 0.0714. The maximum atomic E-state index is 13.7. The van der Waals surface area contributed by atoms with Crippen molar-refractivity contribution in [3.8, 4) is 28.2 Å². The topological polar surface area (TPSA) is 115 Å². The molecule has 2 aromatic carbocycles. The summed E-state index contributed by atoms with van der Waals surface area (Å²) in [5.74, 6) is -0.944. The summed E-state index contributed by atoms with van der Waals surface area (Å²) in [5, 5.41) is 17.0. The van der Waals surface area contributed by atoms with E-state index in [9.17, 15) is 22.8 Å². The van der Waals surface area contributed by atoms with Gasteiger partial charge in [0.1, 0.15) is 0 Å². The van der Waals surface area contributed by atoms with Crippen LogP contribution in [-0.4, -0.2) is 43.8 Å². The number of hydrogen-bond donors (Lipinski definition) is 2. The number of pyridine rings is 1. The van der Waals surface area contributed by atoms with Crippen LogP contribution in [0, 0.1) is 0 Å². The van der Waals surface area contributed by atoms with E-state index in [2.05, 4.69) is 30.9 Å². The molecule has 2 N–H and O–H groups in total. The highest BCUT2D eigenvalue weighted by atomic mass is 19.4.